The number of nitrogens with one attached hydrogen (secondary N) is 1. The molecular formula is C19H22ClN3O3. The molecule has 0 atom stereocenters. The highest BCUT2D eigenvalue weighted by Gasteiger charge is 2.23. The topological polar surface area (TPSA) is 54.0 Å². The number of amides is 2. The Bertz CT molecular complexity index is 776. The smallest absolute Gasteiger partial charge is 0.321 e. The van der Waals surface area contributed by atoms with E-state index in [1.54, 1.807) is 25.2 Å². The van der Waals surface area contributed by atoms with E-state index in [2.05, 4.69) is 10.2 Å². The van der Waals surface area contributed by atoms with Crippen molar-refractivity contribution in [3.8, 4) is 11.5 Å². The Morgan fingerprint density at radius 1 is 1.04 bits per heavy atom. The van der Waals surface area contributed by atoms with Gasteiger partial charge in [-0.25, -0.2) is 4.79 Å². The fourth-order valence-corrected chi connectivity index (χ4v) is 3.13. The molecule has 0 aliphatic carbocycles. The van der Waals surface area contributed by atoms with Crippen molar-refractivity contribution in [2.45, 2.75) is 0 Å². The summed E-state index contributed by atoms with van der Waals surface area (Å²) in [5, 5.41) is 3.58. The van der Waals surface area contributed by atoms with Gasteiger partial charge in [0.05, 0.1) is 19.9 Å². The summed E-state index contributed by atoms with van der Waals surface area (Å²) < 4.78 is 10.6. The Kier molecular flexibility index (Phi) is 5.73. The lowest BCUT2D eigenvalue weighted by molar-refractivity contribution is 0.208. The number of carbonyl (C=O) groups is 1. The van der Waals surface area contributed by atoms with Gasteiger partial charge in [-0.3, -0.25) is 0 Å². The molecular weight excluding hydrogens is 354 g/mol. The lowest BCUT2D eigenvalue weighted by atomic mass is 10.2. The molecule has 0 spiro atoms. The number of benzene rings is 2. The number of ether oxygens (including phenoxy) is 2. The number of methoxy groups -OCH3 is 2. The molecule has 2 aromatic rings. The third-order valence-corrected chi connectivity index (χ3v) is 4.60. The van der Waals surface area contributed by atoms with Gasteiger partial charge in [-0.05, 0) is 30.3 Å². The Labute approximate surface area is 158 Å². The molecule has 1 aliphatic heterocycles. The lowest BCUT2D eigenvalue weighted by Crippen LogP contribution is -2.50. The number of hydrogen-bond acceptors (Lipinski definition) is 4. The fourth-order valence-electron chi connectivity index (χ4n) is 2.96. The Morgan fingerprint density at radius 3 is 2.50 bits per heavy atom. The summed E-state index contributed by atoms with van der Waals surface area (Å²) >= 11 is 6.12. The van der Waals surface area contributed by atoms with Crippen molar-refractivity contribution < 1.29 is 14.3 Å². The zero-order valence-electron chi connectivity index (χ0n) is 14.9. The largest absolute Gasteiger partial charge is 0.497 e. The van der Waals surface area contributed by atoms with Crippen LogP contribution in [-0.2, 0) is 0 Å². The minimum atomic E-state index is -0.115. The summed E-state index contributed by atoms with van der Waals surface area (Å²) in [5.41, 5.74) is 1.67. The summed E-state index contributed by atoms with van der Waals surface area (Å²) in [6.07, 6.45) is 0. The maximum Gasteiger partial charge on any atom is 0.321 e. The standard InChI is InChI=1S/C19H22ClN3O3/c1-25-16-5-3-4-15(13-16)21-19(24)23-10-8-22(9-11-23)17-12-14(20)6-7-18(17)26-2/h3-7,12-13H,8-11H2,1-2H3,(H,21,24). The van der Waals surface area contributed by atoms with Crippen LogP contribution in [0, 0.1) is 0 Å². The minimum absolute atomic E-state index is 0.115. The number of carbonyl (C=O) groups excluding carboxylic acids is 1. The number of anilines is 2. The maximum atomic E-state index is 12.5. The van der Waals surface area contributed by atoms with Gasteiger partial charge < -0.3 is 24.6 Å². The van der Waals surface area contributed by atoms with Crippen LogP contribution in [0.2, 0.25) is 5.02 Å². The van der Waals surface area contributed by atoms with E-state index >= 15 is 0 Å². The van der Waals surface area contributed by atoms with Crippen LogP contribution in [0.25, 0.3) is 0 Å². The van der Waals surface area contributed by atoms with Crippen LogP contribution in [-0.4, -0.2) is 51.3 Å². The normalized spacial score (nSPS) is 14.1. The van der Waals surface area contributed by atoms with Crippen molar-refractivity contribution >= 4 is 29.0 Å². The molecule has 1 heterocycles. The van der Waals surface area contributed by atoms with Gasteiger partial charge in [-0.15, -0.1) is 0 Å². The summed E-state index contributed by atoms with van der Waals surface area (Å²) in [6, 6.07) is 12.8. The van der Waals surface area contributed by atoms with E-state index in [1.807, 2.05) is 36.4 Å². The van der Waals surface area contributed by atoms with Crippen molar-refractivity contribution in [1.82, 2.24) is 4.90 Å². The van der Waals surface area contributed by atoms with Crippen molar-refractivity contribution in [1.29, 1.82) is 0 Å². The molecule has 2 aromatic carbocycles. The molecule has 3 rings (SSSR count). The maximum absolute atomic E-state index is 12.5. The van der Waals surface area contributed by atoms with E-state index in [9.17, 15) is 4.79 Å². The lowest BCUT2D eigenvalue weighted by Gasteiger charge is -2.36. The minimum Gasteiger partial charge on any atom is -0.497 e. The molecule has 0 saturated carbocycles. The highest BCUT2D eigenvalue weighted by atomic mass is 35.5. The van der Waals surface area contributed by atoms with Crippen LogP contribution in [0.5, 0.6) is 11.5 Å². The molecule has 26 heavy (non-hydrogen) atoms. The van der Waals surface area contributed by atoms with Gasteiger partial charge in [0.1, 0.15) is 11.5 Å². The summed E-state index contributed by atoms with van der Waals surface area (Å²) in [5.74, 6) is 1.49. The molecule has 1 aliphatic rings. The Balaban J connectivity index is 1.61. The molecule has 138 valence electrons. The van der Waals surface area contributed by atoms with E-state index in [0.717, 1.165) is 11.4 Å². The van der Waals surface area contributed by atoms with Crippen molar-refractivity contribution in [2.75, 3.05) is 50.6 Å². The van der Waals surface area contributed by atoms with Gasteiger partial charge in [-0.2, -0.15) is 0 Å². The van der Waals surface area contributed by atoms with Crippen LogP contribution in [0.15, 0.2) is 42.5 Å². The van der Waals surface area contributed by atoms with Crippen LogP contribution in [0.3, 0.4) is 0 Å². The summed E-state index contributed by atoms with van der Waals surface area (Å²) in [7, 11) is 3.24. The summed E-state index contributed by atoms with van der Waals surface area (Å²) in [4.78, 5) is 16.5. The fraction of sp³-hybridized carbons (Fsp3) is 0.316. The molecule has 0 unspecified atom stereocenters. The van der Waals surface area contributed by atoms with Crippen LogP contribution in [0.4, 0.5) is 16.2 Å². The highest BCUT2D eigenvalue weighted by molar-refractivity contribution is 6.30. The SMILES string of the molecule is COc1cccc(NC(=O)N2CCN(c3cc(Cl)ccc3OC)CC2)c1. The molecule has 6 nitrogen and oxygen atoms in total. The van der Waals surface area contributed by atoms with Crippen LogP contribution < -0.4 is 19.7 Å². The van der Waals surface area contributed by atoms with Crippen molar-refractivity contribution in [3.05, 3.63) is 47.5 Å². The number of piperazine rings is 1. The second-order valence-electron chi connectivity index (χ2n) is 5.95. The van der Waals surface area contributed by atoms with Crippen LogP contribution in [0.1, 0.15) is 0 Å². The quantitative estimate of drug-likeness (QED) is 0.885. The molecule has 2 amide bonds. The van der Waals surface area contributed by atoms with Gasteiger partial charge in [0, 0.05) is 43.0 Å². The molecule has 0 aromatic heterocycles. The number of urea groups is 1. The van der Waals surface area contributed by atoms with Gasteiger partial charge in [0.25, 0.3) is 0 Å². The Hall–Kier alpha value is -2.60. The average molecular weight is 376 g/mol. The second kappa shape index (κ2) is 8.19. The molecule has 0 radical (unpaired) electrons. The molecule has 0 bridgehead atoms. The Morgan fingerprint density at radius 2 is 1.81 bits per heavy atom. The first-order valence-electron chi connectivity index (χ1n) is 8.39. The van der Waals surface area contributed by atoms with Gasteiger partial charge in [0.2, 0.25) is 0 Å². The van der Waals surface area contributed by atoms with Gasteiger partial charge >= 0.3 is 6.03 Å². The van der Waals surface area contributed by atoms with E-state index in [0.29, 0.717) is 42.6 Å². The number of hydrogen-bond donors (Lipinski definition) is 1. The first kappa shape index (κ1) is 18.2. The third kappa shape index (κ3) is 4.14. The van der Waals surface area contributed by atoms with Crippen LogP contribution >= 0.6 is 11.6 Å². The predicted octanol–water partition coefficient (Wildman–Crippen LogP) is 3.71. The third-order valence-electron chi connectivity index (χ3n) is 4.37. The monoisotopic (exact) mass is 375 g/mol. The first-order valence-corrected chi connectivity index (χ1v) is 8.77. The zero-order valence-corrected chi connectivity index (χ0v) is 15.6. The predicted molar refractivity (Wildman–Crippen MR) is 104 cm³/mol. The summed E-state index contributed by atoms with van der Waals surface area (Å²) in [6.45, 7) is 2.65. The number of halogens is 1. The zero-order chi connectivity index (χ0) is 18.5. The van der Waals surface area contributed by atoms with Gasteiger partial charge in [0.15, 0.2) is 0 Å². The number of rotatable bonds is 4. The average Bonchev–Trinajstić information content (AvgIpc) is 2.68. The highest BCUT2D eigenvalue weighted by Crippen LogP contribution is 2.32. The van der Waals surface area contributed by atoms with E-state index in [-0.39, 0.29) is 6.03 Å². The second-order valence-corrected chi connectivity index (χ2v) is 6.39. The van der Waals surface area contributed by atoms with Gasteiger partial charge in [-0.1, -0.05) is 17.7 Å². The number of nitrogens with zero attached hydrogens (tertiary/aromatic N) is 2. The molecule has 1 N–H and O–H groups in total. The molecule has 1 fully saturated rings. The van der Waals surface area contributed by atoms with E-state index in [1.165, 1.54) is 0 Å². The molecule has 1 saturated heterocycles. The first-order chi connectivity index (χ1) is 12.6. The van der Waals surface area contributed by atoms with Crippen molar-refractivity contribution in [3.63, 3.8) is 0 Å². The van der Waals surface area contributed by atoms with Crippen molar-refractivity contribution in [2.24, 2.45) is 0 Å². The molecule has 7 heteroatoms. The van der Waals surface area contributed by atoms with E-state index < -0.39 is 0 Å². The van der Waals surface area contributed by atoms with E-state index in [4.69, 9.17) is 21.1 Å².